The van der Waals surface area contributed by atoms with Crippen LogP contribution in [0.2, 0.25) is 0 Å². The minimum atomic E-state index is -1.20. The van der Waals surface area contributed by atoms with Gasteiger partial charge in [-0.05, 0) is 5.92 Å². The summed E-state index contributed by atoms with van der Waals surface area (Å²) in [5, 5.41) is 20.0. The molecule has 0 spiro atoms. The van der Waals surface area contributed by atoms with Gasteiger partial charge in [-0.1, -0.05) is 6.92 Å². The van der Waals surface area contributed by atoms with Crippen molar-refractivity contribution in [2.45, 2.75) is 19.4 Å². The number of likely N-dealkylation sites (tertiary alicyclic amines) is 1. The molecule has 1 fully saturated rings. The molecule has 20 heavy (non-hydrogen) atoms. The normalized spacial score (nSPS) is 23.2. The number of aliphatic hydroxyl groups excluding tert-OH is 1. The monoisotopic (exact) mass is 288 g/mol. The highest BCUT2D eigenvalue weighted by atomic mass is 16.5. The van der Waals surface area contributed by atoms with Crippen LogP contribution in [-0.2, 0) is 14.3 Å². The number of nitrogens with zero attached hydrogens (tertiary/aromatic N) is 1. The van der Waals surface area contributed by atoms with E-state index in [9.17, 15) is 14.4 Å². The zero-order valence-corrected chi connectivity index (χ0v) is 11.5. The van der Waals surface area contributed by atoms with E-state index in [-0.39, 0.29) is 31.5 Å². The molecule has 1 aliphatic rings. The maximum absolute atomic E-state index is 12.0. The summed E-state index contributed by atoms with van der Waals surface area (Å²) < 4.78 is 4.67. The maximum atomic E-state index is 12.0. The Labute approximate surface area is 116 Å². The second-order valence-corrected chi connectivity index (χ2v) is 4.86. The van der Waals surface area contributed by atoms with Gasteiger partial charge in [-0.2, -0.15) is 0 Å². The van der Waals surface area contributed by atoms with E-state index in [1.165, 1.54) is 12.0 Å². The van der Waals surface area contributed by atoms with Gasteiger partial charge in [0.05, 0.1) is 13.0 Å². The van der Waals surface area contributed by atoms with Gasteiger partial charge < -0.3 is 25.2 Å². The lowest BCUT2D eigenvalue weighted by atomic mass is 9.99. The second kappa shape index (κ2) is 7.09. The molecule has 3 unspecified atom stereocenters. The highest BCUT2D eigenvalue weighted by Crippen LogP contribution is 2.24. The Hall–Kier alpha value is -1.83. The van der Waals surface area contributed by atoms with Gasteiger partial charge in [0.15, 0.2) is 0 Å². The van der Waals surface area contributed by atoms with Crippen molar-refractivity contribution in [2.75, 3.05) is 26.8 Å². The van der Waals surface area contributed by atoms with Gasteiger partial charge in [0, 0.05) is 26.1 Å². The molecule has 114 valence electrons. The summed E-state index contributed by atoms with van der Waals surface area (Å²) in [6.07, 6.45) is -0.0646. The van der Waals surface area contributed by atoms with E-state index < -0.39 is 24.0 Å². The summed E-state index contributed by atoms with van der Waals surface area (Å²) in [5.41, 5.74) is 0. The van der Waals surface area contributed by atoms with Crippen LogP contribution in [0.1, 0.15) is 13.3 Å². The van der Waals surface area contributed by atoms with E-state index >= 15 is 0 Å². The molecule has 0 aliphatic carbocycles. The number of carboxylic acids is 1. The van der Waals surface area contributed by atoms with Crippen molar-refractivity contribution in [1.29, 1.82) is 0 Å². The van der Waals surface area contributed by atoms with E-state index in [1.54, 1.807) is 0 Å². The molecular formula is C12H20N2O6. The summed E-state index contributed by atoms with van der Waals surface area (Å²) in [4.78, 5) is 35.8. The topological polar surface area (TPSA) is 116 Å². The molecule has 0 aromatic rings. The van der Waals surface area contributed by atoms with E-state index in [2.05, 4.69) is 10.1 Å². The molecule has 8 heteroatoms. The summed E-state index contributed by atoms with van der Waals surface area (Å²) in [7, 11) is 1.29. The fourth-order valence-corrected chi connectivity index (χ4v) is 2.22. The Balaban J connectivity index is 2.61. The zero-order valence-electron chi connectivity index (χ0n) is 11.5. The van der Waals surface area contributed by atoms with Crippen molar-refractivity contribution in [2.24, 2.45) is 11.8 Å². The quantitative estimate of drug-likeness (QED) is 0.574. The molecule has 0 bridgehead atoms. The molecule has 1 heterocycles. The first kappa shape index (κ1) is 16.2. The van der Waals surface area contributed by atoms with Crippen LogP contribution in [-0.4, -0.2) is 65.9 Å². The molecule has 1 rings (SSSR count). The number of ether oxygens (including phenoxy) is 1. The third kappa shape index (κ3) is 3.83. The molecule has 2 amide bonds. The number of rotatable bonds is 5. The molecule has 3 N–H and O–H groups in total. The van der Waals surface area contributed by atoms with E-state index in [1.807, 2.05) is 6.92 Å². The van der Waals surface area contributed by atoms with Gasteiger partial charge >= 0.3 is 18.0 Å². The van der Waals surface area contributed by atoms with Crippen LogP contribution in [0.3, 0.4) is 0 Å². The summed E-state index contributed by atoms with van der Waals surface area (Å²) in [6.45, 7) is 2.05. The van der Waals surface area contributed by atoms with Gasteiger partial charge in [0.2, 0.25) is 0 Å². The second-order valence-electron chi connectivity index (χ2n) is 4.86. The van der Waals surface area contributed by atoms with E-state index in [0.29, 0.717) is 6.54 Å². The van der Waals surface area contributed by atoms with Crippen LogP contribution in [0.25, 0.3) is 0 Å². The molecule has 0 aromatic carbocycles. The van der Waals surface area contributed by atoms with Crippen LogP contribution in [0.5, 0.6) is 0 Å². The maximum Gasteiger partial charge on any atom is 0.326 e. The lowest BCUT2D eigenvalue weighted by Gasteiger charge is -2.20. The standard InChI is InChI=1S/C12H20N2O6/c1-7-5-14(6-8(7)11(18)20-2)12(19)13-9(3-4-15)10(16)17/h7-9,15H,3-6H2,1-2H3,(H,13,19)(H,16,17). The number of aliphatic carboxylic acids is 1. The largest absolute Gasteiger partial charge is 0.480 e. The van der Waals surface area contributed by atoms with Gasteiger partial charge in [-0.3, -0.25) is 4.79 Å². The average Bonchev–Trinajstić information content (AvgIpc) is 2.79. The average molecular weight is 288 g/mol. The smallest absolute Gasteiger partial charge is 0.326 e. The molecule has 3 atom stereocenters. The van der Waals surface area contributed by atoms with Gasteiger partial charge in [-0.25, -0.2) is 9.59 Å². The summed E-state index contributed by atoms with van der Waals surface area (Å²) in [5.74, 6) is -2.02. The third-order valence-electron chi connectivity index (χ3n) is 3.42. The van der Waals surface area contributed by atoms with Crippen molar-refractivity contribution < 1.29 is 29.3 Å². The Bertz CT molecular complexity index is 386. The van der Waals surface area contributed by atoms with Gasteiger partial charge in [0.25, 0.3) is 0 Å². The highest BCUT2D eigenvalue weighted by Gasteiger charge is 2.38. The number of hydrogen-bond donors (Lipinski definition) is 3. The van der Waals surface area contributed by atoms with Crippen molar-refractivity contribution in [1.82, 2.24) is 10.2 Å². The highest BCUT2D eigenvalue weighted by molar-refractivity contribution is 5.83. The van der Waals surface area contributed by atoms with Gasteiger partial charge in [0.1, 0.15) is 6.04 Å². The molecule has 0 radical (unpaired) electrons. The third-order valence-corrected chi connectivity index (χ3v) is 3.42. The van der Waals surface area contributed by atoms with Crippen molar-refractivity contribution in [3.8, 4) is 0 Å². The van der Waals surface area contributed by atoms with Crippen molar-refractivity contribution >= 4 is 18.0 Å². The Kier molecular flexibility index (Phi) is 5.75. The van der Waals surface area contributed by atoms with Crippen molar-refractivity contribution in [3.05, 3.63) is 0 Å². The van der Waals surface area contributed by atoms with Gasteiger partial charge in [-0.15, -0.1) is 0 Å². The van der Waals surface area contributed by atoms with Crippen LogP contribution >= 0.6 is 0 Å². The molecule has 1 aliphatic heterocycles. The molecule has 8 nitrogen and oxygen atoms in total. The SMILES string of the molecule is COC(=O)C1CN(C(=O)NC(CCO)C(=O)O)CC1C. The fraction of sp³-hybridized carbons (Fsp3) is 0.750. The predicted molar refractivity (Wildman–Crippen MR) is 67.9 cm³/mol. The number of nitrogens with one attached hydrogen (secondary N) is 1. The first-order valence-corrected chi connectivity index (χ1v) is 6.37. The lowest BCUT2D eigenvalue weighted by Crippen LogP contribution is -2.47. The molecule has 1 saturated heterocycles. The zero-order chi connectivity index (χ0) is 15.3. The van der Waals surface area contributed by atoms with Crippen LogP contribution in [0.15, 0.2) is 0 Å². The summed E-state index contributed by atoms with van der Waals surface area (Å²) in [6, 6.07) is -1.69. The lowest BCUT2D eigenvalue weighted by molar-refractivity contribution is -0.146. The van der Waals surface area contributed by atoms with Crippen LogP contribution in [0, 0.1) is 11.8 Å². The number of urea groups is 1. The minimum absolute atomic E-state index is 0.0469. The number of methoxy groups -OCH3 is 1. The number of esters is 1. The van der Waals surface area contributed by atoms with E-state index in [4.69, 9.17) is 10.2 Å². The molecule has 0 saturated carbocycles. The molecule has 0 aromatic heterocycles. The first-order valence-electron chi connectivity index (χ1n) is 6.37. The number of carbonyl (C=O) groups excluding carboxylic acids is 2. The van der Waals surface area contributed by atoms with Crippen LogP contribution < -0.4 is 5.32 Å². The predicted octanol–water partition coefficient (Wildman–Crippen LogP) is -0.727. The summed E-state index contributed by atoms with van der Waals surface area (Å²) >= 11 is 0. The Morgan fingerprint density at radius 2 is 2.05 bits per heavy atom. The van der Waals surface area contributed by atoms with Crippen molar-refractivity contribution in [3.63, 3.8) is 0 Å². The number of aliphatic hydroxyl groups is 1. The molecular weight excluding hydrogens is 268 g/mol. The number of carboxylic acid groups (broad SMARTS) is 1. The fourth-order valence-electron chi connectivity index (χ4n) is 2.22. The number of carbonyl (C=O) groups is 3. The Morgan fingerprint density at radius 3 is 2.55 bits per heavy atom. The number of hydrogen-bond acceptors (Lipinski definition) is 5. The first-order chi connectivity index (χ1) is 9.40. The Morgan fingerprint density at radius 1 is 1.40 bits per heavy atom. The van der Waals surface area contributed by atoms with E-state index in [0.717, 1.165) is 0 Å². The number of amides is 2. The van der Waals surface area contributed by atoms with Crippen LogP contribution in [0.4, 0.5) is 4.79 Å². The minimum Gasteiger partial charge on any atom is -0.480 e.